The smallest absolute Gasteiger partial charge is 0.0788 e. The van der Waals surface area contributed by atoms with E-state index in [-0.39, 0.29) is 17.2 Å². The van der Waals surface area contributed by atoms with E-state index >= 15 is 0 Å². The lowest BCUT2D eigenvalue weighted by Crippen LogP contribution is -2.50. The summed E-state index contributed by atoms with van der Waals surface area (Å²) in [5.41, 5.74) is 6.77. The third kappa shape index (κ3) is 3.30. The SMILES string of the molecule is CCC1(CC)CCN(CC2C(N)C(C)(C)OC2(C)C)CC1. The quantitative estimate of drug-likeness (QED) is 0.864. The van der Waals surface area contributed by atoms with Crippen LogP contribution in [0.25, 0.3) is 0 Å². The number of ether oxygens (including phenoxy) is 1. The molecule has 2 saturated heterocycles. The van der Waals surface area contributed by atoms with Gasteiger partial charge in [0.25, 0.3) is 0 Å². The van der Waals surface area contributed by atoms with Crippen LogP contribution in [0.3, 0.4) is 0 Å². The van der Waals surface area contributed by atoms with Crippen LogP contribution in [0.5, 0.6) is 0 Å². The molecule has 0 aromatic rings. The van der Waals surface area contributed by atoms with Gasteiger partial charge in [0.2, 0.25) is 0 Å². The summed E-state index contributed by atoms with van der Waals surface area (Å²) in [5.74, 6) is 0.420. The van der Waals surface area contributed by atoms with Crippen LogP contribution in [0, 0.1) is 11.3 Å². The summed E-state index contributed by atoms with van der Waals surface area (Å²) in [6.45, 7) is 16.9. The molecule has 0 aliphatic carbocycles. The van der Waals surface area contributed by atoms with E-state index in [0.717, 1.165) is 6.54 Å². The second-order valence-corrected chi connectivity index (χ2v) is 8.45. The summed E-state index contributed by atoms with van der Waals surface area (Å²) in [6.07, 6.45) is 5.32. The lowest BCUT2D eigenvalue weighted by Gasteiger charge is -2.43. The number of hydrogen-bond donors (Lipinski definition) is 1. The Kier molecular flexibility index (Phi) is 4.78. The fourth-order valence-electron chi connectivity index (χ4n) is 4.52. The number of likely N-dealkylation sites (tertiary alicyclic amines) is 1. The zero-order chi connectivity index (χ0) is 15.9. The Balaban J connectivity index is 1.97. The van der Waals surface area contributed by atoms with Crippen LogP contribution in [0.1, 0.15) is 67.2 Å². The summed E-state index contributed by atoms with van der Waals surface area (Å²) >= 11 is 0. The molecule has 0 amide bonds. The van der Waals surface area contributed by atoms with Gasteiger partial charge in [0.15, 0.2) is 0 Å². The Morgan fingerprint density at radius 3 is 1.90 bits per heavy atom. The van der Waals surface area contributed by atoms with E-state index in [1.165, 1.54) is 38.8 Å². The lowest BCUT2D eigenvalue weighted by atomic mass is 9.73. The van der Waals surface area contributed by atoms with Gasteiger partial charge in [0, 0.05) is 18.5 Å². The average Bonchev–Trinajstić information content (AvgIpc) is 2.58. The van der Waals surface area contributed by atoms with E-state index in [9.17, 15) is 0 Å². The molecule has 0 radical (unpaired) electrons. The molecule has 2 unspecified atom stereocenters. The van der Waals surface area contributed by atoms with Gasteiger partial charge in [-0.3, -0.25) is 0 Å². The Morgan fingerprint density at radius 2 is 1.52 bits per heavy atom. The standard InChI is InChI=1S/C18H36N2O/c1-7-18(8-2)9-11-20(12-10-18)13-14-15(19)17(5,6)21-16(14,3)4/h14-15H,7-13,19H2,1-6H3. The number of nitrogens with zero attached hydrogens (tertiary/aromatic N) is 1. The van der Waals surface area contributed by atoms with Gasteiger partial charge in [-0.1, -0.05) is 26.7 Å². The van der Waals surface area contributed by atoms with Gasteiger partial charge in [-0.2, -0.15) is 0 Å². The Labute approximate surface area is 131 Å². The van der Waals surface area contributed by atoms with Crippen molar-refractivity contribution in [2.45, 2.75) is 84.5 Å². The number of nitrogens with two attached hydrogens (primary N) is 1. The first kappa shape index (κ1) is 17.2. The first-order valence-electron chi connectivity index (χ1n) is 8.84. The van der Waals surface area contributed by atoms with E-state index in [1.54, 1.807) is 0 Å². The second kappa shape index (κ2) is 5.82. The molecular formula is C18H36N2O. The van der Waals surface area contributed by atoms with Crippen LogP contribution >= 0.6 is 0 Å². The normalized spacial score (nSPS) is 35.0. The van der Waals surface area contributed by atoms with Crippen molar-refractivity contribution in [3.8, 4) is 0 Å². The highest BCUT2D eigenvalue weighted by molar-refractivity contribution is 5.05. The zero-order valence-electron chi connectivity index (χ0n) is 15.0. The van der Waals surface area contributed by atoms with E-state index < -0.39 is 0 Å². The van der Waals surface area contributed by atoms with E-state index in [1.807, 2.05) is 0 Å². The van der Waals surface area contributed by atoms with Gasteiger partial charge in [0.05, 0.1) is 11.2 Å². The Hall–Kier alpha value is -0.120. The summed E-state index contributed by atoms with van der Waals surface area (Å²) in [6, 6.07) is 0.122. The molecule has 0 bridgehead atoms. The maximum Gasteiger partial charge on any atom is 0.0788 e. The van der Waals surface area contributed by atoms with Crippen molar-refractivity contribution >= 4 is 0 Å². The molecule has 2 aliphatic rings. The van der Waals surface area contributed by atoms with Crippen molar-refractivity contribution < 1.29 is 4.74 Å². The highest BCUT2D eigenvalue weighted by atomic mass is 16.5. The number of piperidine rings is 1. The highest BCUT2D eigenvalue weighted by Gasteiger charge is 2.52. The average molecular weight is 296 g/mol. The van der Waals surface area contributed by atoms with Gasteiger partial charge in [-0.05, 0) is 59.0 Å². The molecule has 2 N–H and O–H groups in total. The van der Waals surface area contributed by atoms with Crippen LogP contribution < -0.4 is 5.73 Å². The summed E-state index contributed by atoms with van der Waals surface area (Å²) < 4.78 is 6.23. The van der Waals surface area contributed by atoms with Crippen molar-refractivity contribution in [2.24, 2.45) is 17.1 Å². The minimum atomic E-state index is -0.208. The van der Waals surface area contributed by atoms with Crippen molar-refractivity contribution in [3.63, 3.8) is 0 Å². The third-order valence-electron chi connectivity index (χ3n) is 6.53. The van der Waals surface area contributed by atoms with Crippen LogP contribution in [0.15, 0.2) is 0 Å². The fraction of sp³-hybridized carbons (Fsp3) is 1.00. The van der Waals surface area contributed by atoms with Gasteiger partial charge < -0.3 is 15.4 Å². The molecule has 2 fully saturated rings. The molecule has 0 aromatic carbocycles. The first-order valence-corrected chi connectivity index (χ1v) is 8.84. The van der Waals surface area contributed by atoms with Gasteiger partial charge >= 0.3 is 0 Å². The zero-order valence-corrected chi connectivity index (χ0v) is 15.0. The highest BCUT2D eigenvalue weighted by Crippen LogP contribution is 2.43. The van der Waals surface area contributed by atoms with E-state index in [4.69, 9.17) is 10.5 Å². The van der Waals surface area contributed by atoms with E-state index in [0.29, 0.717) is 11.3 Å². The van der Waals surface area contributed by atoms with Crippen LogP contribution in [0.2, 0.25) is 0 Å². The Morgan fingerprint density at radius 1 is 1.00 bits per heavy atom. The molecule has 0 spiro atoms. The fourth-order valence-corrected chi connectivity index (χ4v) is 4.52. The van der Waals surface area contributed by atoms with Gasteiger partial charge in [-0.25, -0.2) is 0 Å². The third-order valence-corrected chi connectivity index (χ3v) is 6.53. The number of rotatable bonds is 4. The molecule has 3 heteroatoms. The minimum Gasteiger partial charge on any atom is -0.368 e. The molecule has 2 aliphatic heterocycles. The molecule has 2 atom stereocenters. The monoisotopic (exact) mass is 296 g/mol. The van der Waals surface area contributed by atoms with Gasteiger partial charge in [-0.15, -0.1) is 0 Å². The second-order valence-electron chi connectivity index (χ2n) is 8.45. The van der Waals surface area contributed by atoms with Crippen LogP contribution in [0.4, 0.5) is 0 Å². The van der Waals surface area contributed by atoms with Crippen molar-refractivity contribution in [1.29, 1.82) is 0 Å². The molecule has 2 rings (SSSR count). The molecule has 0 saturated carbocycles. The van der Waals surface area contributed by atoms with Crippen molar-refractivity contribution in [1.82, 2.24) is 4.90 Å². The maximum absolute atomic E-state index is 6.50. The number of hydrogen-bond acceptors (Lipinski definition) is 3. The molecule has 3 nitrogen and oxygen atoms in total. The minimum absolute atomic E-state index is 0.118. The van der Waals surface area contributed by atoms with Crippen LogP contribution in [-0.4, -0.2) is 41.8 Å². The largest absolute Gasteiger partial charge is 0.368 e. The molecule has 2 heterocycles. The van der Waals surface area contributed by atoms with E-state index in [2.05, 4.69) is 46.4 Å². The maximum atomic E-state index is 6.50. The predicted molar refractivity (Wildman–Crippen MR) is 89.4 cm³/mol. The summed E-state index contributed by atoms with van der Waals surface area (Å²) in [4.78, 5) is 2.63. The molecule has 0 aromatic heterocycles. The molecule has 21 heavy (non-hydrogen) atoms. The van der Waals surface area contributed by atoms with Crippen molar-refractivity contribution in [3.05, 3.63) is 0 Å². The topological polar surface area (TPSA) is 38.5 Å². The Bertz CT molecular complexity index is 350. The molecule has 124 valence electrons. The van der Waals surface area contributed by atoms with Crippen LogP contribution in [-0.2, 0) is 4.74 Å². The molecular weight excluding hydrogens is 260 g/mol. The van der Waals surface area contributed by atoms with Gasteiger partial charge in [0.1, 0.15) is 0 Å². The summed E-state index contributed by atoms with van der Waals surface area (Å²) in [7, 11) is 0. The lowest BCUT2D eigenvalue weighted by molar-refractivity contribution is -0.0794. The predicted octanol–water partition coefficient (Wildman–Crippen LogP) is 3.42. The van der Waals surface area contributed by atoms with Crippen molar-refractivity contribution in [2.75, 3.05) is 19.6 Å². The first-order chi connectivity index (χ1) is 9.66. The summed E-state index contributed by atoms with van der Waals surface area (Å²) in [5, 5.41) is 0.